The summed E-state index contributed by atoms with van der Waals surface area (Å²) in [5.74, 6) is 2.08. The number of aryl methyl sites for hydroxylation is 1. The summed E-state index contributed by atoms with van der Waals surface area (Å²) >= 11 is 0. The van der Waals surface area contributed by atoms with Crippen molar-refractivity contribution in [2.75, 3.05) is 6.54 Å². The van der Waals surface area contributed by atoms with E-state index in [0.717, 1.165) is 30.2 Å². The van der Waals surface area contributed by atoms with Gasteiger partial charge in [-0.25, -0.2) is 4.98 Å². The first-order chi connectivity index (χ1) is 11.1. The number of aromatic nitrogens is 2. The van der Waals surface area contributed by atoms with Crippen molar-refractivity contribution < 1.29 is 9.21 Å². The number of hydrogen-bond acceptors (Lipinski definition) is 4. The number of oxazole rings is 1. The van der Waals surface area contributed by atoms with Gasteiger partial charge >= 0.3 is 0 Å². The molecule has 1 fully saturated rings. The van der Waals surface area contributed by atoms with Crippen LogP contribution in [0.15, 0.2) is 21.3 Å². The maximum absolute atomic E-state index is 12.6. The van der Waals surface area contributed by atoms with E-state index in [1.54, 1.807) is 17.9 Å². The molecular weight excluding hydrogens is 294 g/mol. The molecule has 6 heteroatoms. The summed E-state index contributed by atoms with van der Waals surface area (Å²) in [5, 5.41) is 0. The second kappa shape index (κ2) is 5.37. The predicted octanol–water partition coefficient (Wildman–Crippen LogP) is 2.14. The van der Waals surface area contributed by atoms with Crippen LogP contribution in [0.2, 0.25) is 0 Å². The summed E-state index contributed by atoms with van der Waals surface area (Å²) in [6.07, 6.45) is 4.22. The molecule has 1 amide bonds. The van der Waals surface area contributed by atoms with Crippen LogP contribution < -0.4 is 5.56 Å². The molecule has 1 aliphatic carbocycles. The molecule has 0 radical (unpaired) electrons. The van der Waals surface area contributed by atoms with Crippen LogP contribution in [-0.4, -0.2) is 27.3 Å². The van der Waals surface area contributed by atoms with Gasteiger partial charge in [0.05, 0.1) is 6.54 Å². The summed E-state index contributed by atoms with van der Waals surface area (Å²) in [5.41, 5.74) is 1.73. The van der Waals surface area contributed by atoms with E-state index in [2.05, 4.69) is 9.97 Å². The fourth-order valence-corrected chi connectivity index (χ4v) is 3.21. The van der Waals surface area contributed by atoms with Crippen molar-refractivity contribution >= 4 is 5.91 Å². The van der Waals surface area contributed by atoms with Crippen molar-refractivity contribution in [3.63, 3.8) is 0 Å². The number of nitrogens with one attached hydrogen (secondary N) is 1. The van der Waals surface area contributed by atoms with Gasteiger partial charge in [-0.2, -0.15) is 0 Å². The average molecular weight is 313 g/mol. The number of rotatable bonds is 2. The lowest BCUT2D eigenvalue weighted by Crippen LogP contribution is -2.36. The number of nitrogens with zero attached hydrogens (tertiary/aromatic N) is 2. The molecule has 120 valence electrons. The molecule has 0 saturated heterocycles. The van der Waals surface area contributed by atoms with E-state index < -0.39 is 0 Å². The van der Waals surface area contributed by atoms with Gasteiger partial charge in [0.15, 0.2) is 5.89 Å². The van der Waals surface area contributed by atoms with Gasteiger partial charge in [-0.05, 0) is 25.8 Å². The molecule has 2 aromatic rings. The van der Waals surface area contributed by atoms with Gasteiger partial charge in [0.1, 0.15) is 11.5 Å². The quantitative estimate of drug-likeness (QED) is 0.921. The van der Waals surface area contributed by atoms with Gasteiger partial charge in [-0.3, -0.25) is 9.59 Å². The molecule has 2 aliphatic rings. The highest BCUT2D eigenvalue weighted by Gasteiger charge is 2.30. The van der Waals surface area contributed by atoms with Crippen molar-refractivity contribution in [1.82, 2.24) is 14.9 Å². The molecule has 0 spiro atoms. The van der Waals surface area contributed by atoms with Gasteiger partial charge < -0.3 is 14.3 Å². The zero-order valence-electron chi connectivity index (χ0n) is 13.1. The Kier molecular flexibility index (Phi) is 3.32. The van der Waals surface area contributed by atoms with E-state index in [9.17, 15) is 9.59 Å². The number of hydrogen-bond donors (Lipinski definition) is 1. The SMILES string of the molecule is Cc1cc(C(=O)N2CCc3oc(C4CCC4)nc3C2)cc(=O)[nH]1. The van der Waals surface area contributed by atoms with Crippen LogP contribution in [0.1, 0.15) is 58.6 Å². The smallest absolute Gasteiger partial charge is 0.254 e. The van der Waals surface area contributed by atoms with Crippen molar-refractivity contribution in [2.45, 2.75) is 45.1 Å². The second-order valence-corrected chi connectivity index (χ2v) is 6.44. The summed E-state index contributed by atoms with van der Waals surface area (Å²) in [6.45, 7) is 2.82. The van der Waals surface area contributed by atoms with Crippen molar-refractivity contribution in [3.05, 3.63) is 51.1 Å². The van der Waals surface area contributed by atoms with Gasteiger partial charge in [0.25, 0.3) is 5.91 Å². The molecule has 6 nitrogen and oxygen atoms in total. The van der Waals surface area contributed by atoms with Crippen molar-refractivity contribution in [3.8, 4) is 0 Å². The van der Waals surface area contributed by atoms with Gasteiger partial charge in [0.2, 0.25) is 5.56 Å². The topological polar surface area (TPSA) is 79.2 Å². The molecule has 0 aromatic carbocycles. The normalized spacial score (nSPS) is 17.7. The maximum Gasteiger partial charge on any atom is 0.254 e. The Bertz CT molecular complexity index is 817. The Labute approximate surface area is 133 Å². The number of carbonyl (C=O) groups excluding carboxylic acids is 1. The third-order valence-electron chi connectivity index (χ3n) is 4.71. The molecule has 1 aliphatic heterocycles. The van der Waals surface area contributed by atoms with Crippen LogP contribution in [-0.2, 0) is 13.0 Å². The fraction of sp³-hybridized carbons (Fsp3) is 0.471. The zero-order valence-corrected chi connectivity index (χ0v) is 13.1. The molecule has 2 aromatic heterocycles. The van der Waals surface area contributed by atoms with E-state index in [4.69, 9.17) is 4.42 Å². The summed E-state index contributed by atoms with van der Waals surface area (Å²) in [7, 11) is 0. The van der Waals surface area contributed by atoms with E-state index in [1.807, 2.05) is 0 Å². The lowest BCUT2D eigenvalue weighted by Gasteiger charge is -2.25. The minimum Gasteiger partial charge on any atom is -0.445 e. The second-order valence-electron chi connectivity index (χ2n) is 6.44. The van der Waals surface area contributed by atoms with E-state index in [0.29, 0.717) is 36.7 Å². The number of amides is 1. The molecule has 23 heavy (non-hydrogen) atoms. The summed E-state index contributed by atoms with van der Waals surface area (Å²) < 4.78 is 5.88. The standard InChI is InChI=1S/C17H19N3O3/c1-10-7-12(8-15(21)18-10)17(22)20-6-5-14-13(9-20)19-16(23-14)11-3-2-4-11/h7-8,11H,2-6,9H2,1H3,(H,18,21). The Morgan fingerprint density at radius 1 is 1.39 bits per heavy atom. The predicted molar refractivity (Wildman–Crippen MR) is 83.3 cm³/mol. The summed E-state index contributed by atoms with van der Waals surface area (Å²) in [4.78, 5) is 33.2. The molecule has 1 N–H and O–H groups in total. The highest BCUT2D eigenvalue weighted by molar-refractivity contribution is 5.94. The Morgan fingerprint density at radius 3 is 2.91 bits per heavy atom. The van der Waals surface area contributed by atoms with Crippen LogP contribution in [0.5, 0.6) is 0 Å². The van der Waals surface area contributed by atoms with Crippen LogP contribution in [0, 0.1) is 6.92 Å². The molecule has 4 rings (SSSR count). The van der Waals surface area contributed by atoms with E-state index in [-0.39, 0.29) is 11.5 Å². The minimum atomic E-state index is -0.250. The largest absolute Gasteiger partial charge is 0.445 e. The maximum atomic E-state index is 12.6. The fourth-order valence-electron chi connectivity index (χ4n) is 3.21. The molecule has 0 bridgehead atoms. The van der Waals surface area contributed by atoms with Crippen LogP contribution >= 0.6 is 0 Å². The van der Waals surface area contributed by atoms with Crippen molar-refractivity contribution in [1.29, 1.82) is 0 Å². The van der Waals surface area contributed by atoms with Crippen molar-refractivity contribution in [2.24, 2.45) is 0 Å². The van der Waals surface area contributed by atoms with Crippen LogP contribution in [0.4, 0.5) is 0 Å². The first-order valence-corrected chi connectivity index (χ1v) is 8.09. The molecular formula is C17H19N3O3. The highest BCUT2D eigenvalue weighted by Crippen LogP contribution is 2.37. The number of fused-ring (bicyclic) bond motifs is 1. The van der Waals surface area contributed by atoms with E-state index in [1.165, 1.54) is 12.5 Å². The minimum absolute atomic E-state index is 0.127. The Hall–Kier alpha value is -2.37. The lowest BCUT2D eigenvalue weighted by atomic mass is 9.85. The lowest BCUT2D eigenvalue weighted by molar-refractivity contribution is 0.0727. The zero-order chi connectivity index (χ0) is 16.0. The Balaban J connectivity index is 1.56. The third kappa shape index (κ3) is 2.58. The van der Waals surface area contributed by atoms with Crippen LogP contribution in [0.25, 0.3) is 0 Å². The summed E-state index contributed by atoms with van der Waals surface area (Å²) in [6, 6.07) is 3.06. The number of H-pyrrole nitrogens is 1. The monoisotopic (exact) mass is 313 g/mol. The molecule has 3 heterocycles. The highest BCUT2D eigenvalue weighted by atomic mass is 16.4. The number of pyridine rings is 1. The molecule has 1 saturated carbocycles. The van der Waals surface area contributed by atoms with E-state index >= 15 is 0 Å². The Morgan fingerprint density at radius 2 is 2.22 bits per heavy atom. The number of aromatic amines is 1. The average Bonchev–Trinajstić information content (AvgIpc) is 2.85. The third-order valence-corrected chi connectivity index (χ3v) is 4.71. The molecule has 0 atom stereocenters. The molecule has 0 unspecified atom stereocenters. The first-order valence-electron chi connectivity index (χ1n) is 8.09. The first kappa shape index (κ1) is 14.2. The number of carbonyl (C=O) groups is 1. The van der Waals surface area contributed by atoms with Gasteiger partial charge in [0, 0.05) is 36.2 Å². The van der Waals surface area contributed by atoms with Crippen LogP contribution in [0.3, 0.4) is 0 Å². The van der Waals surface area contributed by atoms with Gasteiger partial charge in [-0.15, -0.1) is 0 Å². The van der Waals surface area contributed by atoms with Gasteiger partial charge in [-0.1, -0.05) is 6.42 Å².